The van der Waals surface area contributed by atoms with Crippen LogP contribution in [0.4, 0.5) is 0 Å². The van der Waals surface area contributed by atoms with Crippen LogP contribution in [0.15, 0.2) is 35.6 Å². The van der Waals surface area contributed by atoms with E-state index in [2.05, 4.69) is 36.4 Å². The quantitative estimate of drug-likeness (QED) is 0.674. The number of hydrogen-bond acceptors (Lipinski definition) is 2. The Morgan fingerprint density at radius 2 is 1.95 bits per heavy atom. The van der Waals surface area contributed by atoms with Crippen LogP contribution in [-0.4, -0.2) is 30.7 Å². The van der Waals surface area contributed by atoms with Gasteiger partial charge in [-0.3, -0.25) is 0 Å². The zero-order valence-corrected chi connectivity index (χ0v) is 13.1. The number of fused-ring (bicyclic) bond motifs is 3. The summed E-state index contributed by atoms with van der Waals surface area (Å²) < 4.78 is 6.66. The summed E-state index contributed by atoms with van der Waals surface area (Å²) in [6.45, 7) is 1.02. The maximum Gasteiger partial charge on any atom is 0.0908 e. The van der Waals surface area contributed by atoms with Crippen molar-refractivity contribution in [2.45, 2.75) is 57.2 Å². The van der Waals surface area contributed by atoms with E-state index < -0.39 is 0 Å². The molecule has 2 heterocycles. The molecule has 2 nitrogen and oxygen atoms in total. The van der Waals surface area contributed by atoms with Crippen LogP contribution in [-0.2, 0) is 4.74 Å². The average molecular weight is 285 g/mol. The Balaban J connectivity index is 1.66. The molecule has 2 fully saturated rings. The summed E-state index contributed by atoms with van der Waals surface area (Å²) in [4.78, 5) is 2.28. The van der Waals surface area contributed by atoms with Crippen molar-refractivity contribution in [2.75, 3.05) is 13.6 Å². The second-order valence-corrected chi connectivity index (χ2v) is 7.20. The van der Waals surface area contributed by atoms with Crippen molar-refractivity contribution in [3.8, 4) is 0 Å². The lowest BCUT2D eigenvalue weighted by molar-refractivity contribution is -0.0865. The van der Waals surface area contributed by atoms with Gasteiger partial charge in [0.25, 0.3) is 0 Å². The van der Waals surface area contributed by atoms with Crippen molar-refractivity contribution >= 4 is 0 Å². The number of ether oxygens (including phenoxy) is 1. The maximum atomic E-state index is 6.66. The Bertz CT molecular complexity index is 490. The fourth-order valence-corrected chi connectivity index (χ4v) is 4.79. The van der Waals surface area contributed by atoms with Gasteiger partial charge in [-0.25, -0.2) is 0 Å². The van der Waals surface area contributed by atoms with Crippen molar-refractivity contribution in [2.24, 2.45) is 11.8 Å². The lowest BCUT2D eigenvalue weighted by Gasteiger charge is -2.48. The van der Waals surface area contributed by atoms with Gasteiger partial charge >= 0.3 is 0 Å². The third kappa shape index (κ3) is 2.48. The van der Waals surface area contributed by atoms with Crippen LogP contribution < -0.4 is 0 Å². The number of allylic oxidation sites excluding steroid dienone is 1. The van der Waals surface area contributed by atoms with Crippen molar-refractivity contribution in [3.05, 3.63) is 35.6 Å². The van der Waals surface area contributed by atoms with Gasteiger partial charge < -0.3 is 9.64 Å². The van der Waals surface area contributed by atoms with E-state index in [1.807, 2.05) is 0 Å². The van der Waals surface area contributed by atoms with Gasteiger partial charge in [-0.15, -0.1) is 0 Å². The molecule has 0 radical (unpaired) electrons. The number of rotatable bonds is 1. The lowest BCUT2D eigenvalue weighted by atomic mass is 9.68. The fraction of sp³-hybridized carbons (Fsp3) is 0.684. The smallest absolute Gasteiger partial charge is 0.0908 e. The zero-order valence-electron chi connectivity index (χ0n) is 13.1. The highest BCUT2D eigenvalue weighted by Crippen LogP contribution is 2.47. The Hall–Kier alpha value is -1.02. The van der Waals surface area contributed by atoms with Gasteiger partial charge in [0.15, 0.2) is 0 Å². The second kappa shape index (κ2) is 5.64. The number of hydrogen-bond donors (Lipinski definition) is 0. The van der Waals surface area contributed by atoms with Crippen LogP contribution in [0.3, 0.4) is 0 Å². The third-order valence-corrected chi connectivity index (χ3v) is 5.75. The van der Waals surface area contributed by atoms with Crippen molar-refractivity contribution in [1.82, 2.24) is 4.90 Å². The van der Waals surface area contributed by atoms with Crippen LogP contribution in [0.5, 0.6) is 0 Å². The first-order valence-electron chi connectivity index (χ1n) is 8.77. The van der Waals surface area contributed by atoms with Crippen LogP contribution in [0, 0.1) is 11.8 Å². The van der Waals surface area contributed by atoms with Crippen LogP contribution in [0.25, 0.3) is 0 Å². The second-order valence-electron chi connectivity index (χ2n) is 7.20. The van der Waals surface area contributed by atoms with E-state index in [-0.39, 0.29) is 0 Å². The molecule has 4 rings (SSSR count). The summed E-state index contributed by atoms with van der Waals surface area (Å²) >= 11 is 0. The Kier molecular flexibility index (Phi) is 3.66. The highest BCUT2D eigenvalue weighted by Gasteiger charge is 2.43. The minimum Gasteiger partial charge on any atom is -0.376 e. The first kappa shape index (κ1) is 13.6. The van der Waals surface area contributed by atoms with E-state index in [1.54, 1.807) is 5.57 Å². The van der Waals surface area contributed by atoms with Crippen molar-refractivity contribution < 1.29 is 4.74 Å². The lowest BCUT2D eigenvalue weighted by Crippen LogP contribution is -2.46. The Morgan fingerprint density at radius 1 is 1.10 bits per heavy atom. The molecule has 0 N–H and O–H groups in total. The minimum atomic E-state index is 0.301. The summed E-state index contributed by atoms with van der Waals surface area (Å²) in [6, 6.07) is 0. The molecule has 0 bridgehead atoms. The highest BCUT2D eigenvalue weighted by molar-refractivity contribution is 5.33. The van der Waals surface area contributed by atoms with Gasteiger partial charge in [-0.1, -0.05) is 36.6 Å². The van der Waals surface area contributed by atoms with Crippen LogP contribution >= 0.6 is 0 Å². The normalized spacial score (nSPS) is 39.2. The first-order chi connectivity index (χ1) is 10.3. The third-order valence-electron chi connectivity index (χ3n) is 5.75. The fourth-order valence-electron chi connectivity index (χ4n) is 4.79. The number of nitrogens with zero attached hydrogens (tertiary/aromatic N) is 1. The molecular weight excluding hydrogens is 258 g/mol. The molecule has 4 aliphatic rings. The molecule has 0 aromatic carbocycles. The van der Waals surface area contributed by atoms with Crippen molar-refractivity contribution in [3.63, 3.8) is 0 Å². The SMILES string of the molecule is CN1C=C(C2OC3CCCCC3C3=CCCCC32)C=CC1. The molecule has 4 unspecified atom stereocenters. The molecule has 4 atom stereocenters. The number of likely N-dealkylation sites (N-methyl/N-ethyl adjacent to an activating group) is 1. The van der Waals surface area contributed by atoms with Gasteiger partial charge in [-0.05, 0) is 37.7 Å². The molecule has 2 aliphatic heterocycles. The molecule has 0 amide bonds. The molecule has 2 heteroatoms. The Morgan fingerprint density at radius 3 is 2.86 bits per heavy atom. The van der Waals surface area contributed by atoms with Gasteiger partial charge in [-0.2, -0.15) is 0 Å². The predicted molar refractivity (Wildman–Crippen MR) is 85.9 cm³/mol. The van der Waals surface area contributed by atoms with E-state index >= 15 is 0 Å². The summed E-state index contributed by atoms with van der Waals surface area (Å²) in [5, 5.41) is 0. The van der Waals surface area contributed by atoms with Gasteiger partial charge in [0, 0.05) is 31.6 Å². The van der Waals surface area contributed by atoms with Crippen LogP contribution in [0.2, 0.25) is 0 Å². The highest BCUT2D eigenvalue weighted by atomic mass is 16.5. The van der Waals surface area contributed by atoms with Crippen molar-refractivity contribution in [1.29, 1.82) is 0 Å². The van der Waals surface area contributed by atoms with E-state index in [0.717, 1.165) is 12.5 Å². The monoisotopic (exact) mass is 285 g/mol. The topological polar surface area (TPSA) is 12.5 Å². The summed E-state index contributed by atoms with van der Waals surface area (Å²) in [5.74, 6) is 1.37. The van der Waals surface area contributed by atoms with E-state index in [9.17, 15) is 0 Å². The summed E-state index contributed by atoms with van der Waals surface area (Å²) in [7, 11) is 2.16. The standard InChI is InChI=1S/C19H27NO/c1-20-12-6-7-14(13-20)19-17-10-3-2-8-15(17)16-9-4-5-11-18(16)21-19/h6-8,13,16-19H,2-5,9-12H2,1H3. The first-order valence-corrected chi connectivity index (χ1v) is 8.77. The average Bonchev–Trinajstić information content (AvgIpc) is 2.54. The molecule has 1 saturated heterocycles. The molecule has 21 heavy (non-hydrogen) atoms. The summed E-state index contributed by atoms with van der Waals surface area (Å²) in [6.07, 6.45) is 19.5. The molecule has 0 aromatic rings. The van der Waals surface area contributed by atoms with E-state index in [1.165, 1.54) is 50.5 Å². The van der Waals surface area contributed by atoms with Gasteiger partial charge in [0.2, 0.25) is 0 Å². The molecule has 114 valence electrons. The maximum absolute atomic E-state index is 6.66. The molecule has 0 spiro atoms. The largest absolute Gasteiger partial charge is 0.376 e. The minimum absolute atomic E-state index is 0.301. The molecule has 0 aromatic heterocycles. The molecular formula is C19H27NO. The van der Waals surface area contributed by atoms with E-state index in [4.69, 9.17) is 4.74 Å². The van der Waals surface area contributed by atoms with Gasteiger partial charge in [0.1, 0.15) is 0 Å². The predicted octanol–water partition coefficient (Wildman–Crippen LogP) is 4.06. The molecule has 2 aliphatic carbocycles. The molecule has 1 saturated carbocycles. The van der Waals surface area contributed by atoms with E-state index in [0.29, 0.717) is 18.1 Å². The Labute approximate surface area is 128 Å². The zero-order chi connectivity index (χ0) is 14.2. The van der Waals surface area contributed by atoms with Crippen LogP contribution in [0.1, 0.15) is 44.9 Å². The summed E-state index contributed by atoms with van der Waals surface area (Å²) in [5.41, 5.74) is 3.15. The van der Waals surface area contributed by atoms with Gasteiger partial charge in [0.05, 0.1) is 12.2 Å².